The smallest absolute Gasteiger partial charge is 0.152 e. The van der Waals surface area contributed by atoms with Crippen molar-refractivity contribution < 1.29 is 4.79 Å². The lowest BCUT2D eigenvalue weighted by atomic mass is 9.90. The Hall–Kier alpha value is -2.15. The van der Waals surface area contributed by atoms with Crippen LogP contribution in [0.25, 0.3) is 11.0 Å². The van der Waals surface area contributed by atoms with E-state index in [0.717, 1.165) is 36.7 Å². The number of aromatic nitrogens is 2. The van der Waals surface area contributed by atoms with E-state index in [1.807, 2.05) is 36.7 Å². The third kappa shape index (κ3) is 2.82. The summed E-state index contributed by atoms with van der Waals surface area (Å²) in [4.78, 5) is 15.4. The number of pyridine rings is 1. The fourth-order valence-corrected chi connectivity index (χ4v) is 2.16. The van der Waals surface area contributed by atoms with Crippen LogP contribution in [0.3, 0.4) is 0 Å². The van der Waals surface area contributed by atoms with Gasteiger partial charge in [0.1, 0.15) is 5.65 Å². The Bertz CT molecular complexity index is 634. The lowest BCUT2D eigenvalue weighted by Gasteiger charge is -2.14. The third-order valence-corrected chi connectivity index (χ3v) is 3.30. The highest BCUT2D eigenvalue weighted by molar-refractivity contribution is 5.95. The van der Waals surface area contributed by atoms with Gasteiger partial charge in [-0.2, -0.15) is 5.26 Å². The van der Waals surface area contributed by atoms with Crippen LogP contribution in [0.4, 0.5) is 0 Å². The second kappa shape index (κ2) is 5.23. The van der Waals surface area contributed by atoms with E-state index in [2.05, 4.69) is 11.1 Å². The average Bonchev–Trinajstić information content (AvgIpc) is 2.77. The van der Waals surface area contributed by atoms with Crippen LogP contribution in [0.15, 0.2) is 24.5 Å². The van der Waals surface area contributed by atoms with Crippen molar-refractivity contribution in [2.24, 2.45) is 5.41 Å². The van der Waals surface area contributed by atoms with Gasteiger partial charge in [0.2, 0.25) is 0 Å². The van der Waals surface area contributed by atoms with E-state index < -0.39 is 0 Å². The number of carbonyl (C=O) groups is 1. The molecule has 2 aromatic rings. The Morgan fingerprint density at radius 2 is 2.32 bits per heavy atom. The molecule has 0 saturated carbocycles. The fraction of sp³-hybridized carbons (Fsp3) is 0.400. The first-order chi connectivity index (χ1) is 9.07. The standard InChI is InChI=1S/C15H17N3O/c1-15(2,11-16)6-4-8-18-9-12(10-19)13-5-3-7-17-14(13)18/h3,5,7,9-10H,4,6,8H2,1-2H3. The van der Waals surface area contributed by atoms with E-state index in [1.165, 1.54) is 0 Å². The van der Waals surface area contributed by atoms with Gasteiger partial charge in [-0.15, -0.1) is 0 Å². The Labute approximate surface area is 112 Å². The number of aldehydes is 1. The topological polar surface area (TPSA) is 58.7 Å². The molecule has 0 bridgehead atoms. The summed E-state index contributed by atoms with van der Waals surface area (Å²) in [6, 6.07) is 6.04. The molecule has 0 spiro atoms. The van der Waals surface area contributed by atoms with Crippen LogP contribution in [-0.4, -0.2) is 15.8 Å². The van der Waals surface area contributed by atoms with Crippen molar-refractivity contribution in [2.75, 3.05) is 0 Å². The summed E-state index contributed by atoms with van der Waals surface area (Å²) in [5, 5.41) is 9.88. The summed E-state index contributed by atoms with van der Waals surface area (Å²) in [5.74, 6) is 0. The first-order valence-corrected chi connectivity index (χ1v) is 6.38. The van der Waals surface area contributed by atoms with Crippen LogP contribution in [0.5, 0.6) is 0 Å². The summed E-state index contributed by atoms with van der Waals surface area (Å²) in [6.45, 7) is 4.65. The molecule has 19 heavy (non-hydrogen) atoms. The van der Waals surface area contributed by atoms with Crippen molar-refractivity contribution in [1.82, 2.24) is 9.55 Å². The minimum Gasteiger partial charge on any atom is -0.332 e. The molecule has 0 aliphatic carbocycles. The van der Waals surface area contributed by atoms with Gasteiger partial charge in [0.25, 0.3) is 0 Å². The molecule has 0 radical (unpaired) electrons. The van der Waals surface area contributed by atoms with Gasteiger partial charge in [0, 0.05) is 29.9 Å². The molecule has 0 aliphatic heterocycles. The lowest BCUT2D eigenvalue weighted by molar-refractivity contribution is 0.112. The van der Waals surface area contributed by atoms with Crippen molar-refractivity contribution in [3.05, 3.63) is 30.1 Å². The van der Waals surface area contributed by atoms with Crippen LogP contribution in [0, 0.1) is 16.7 Å². The highest BCUT2D eigenvalue weighted by atomic mass is 16.1. The van der Waals surface area contributed by atoms with Crippen LogP contribution in [-0.2, 0) is 6.54 Å². The highest BCUT2D eigenvalue weighted by Crippen LogP contribution is 2.23. The highest BCUT2D eigenvalue weighted by Gasteiger charge is 2.16. The third-order valence-electron chi connectivity index (χ3n) is 3.30. The first-order valence-electron chi connectivity index (χ1n) is 6.38. The lowest BCUT2D eigenvalue weighted by Crippen LogP contribution is -2.09. The zero-order valence-electron chi connectivity index (χ0n) is 11.3. The Morgan fingerprint density at radius 3 is 3.00 bits per heavy atom. The van der Waals surface area contributed by atoms with Gasteiger partial charge in [-0.25, -0.2) is 4.98 Å². The minimum absolute atomic E-state index is 0.302. The molecule has 2 rings (SSSR count). The van der Waals surface area contributed by atoms with Crippen LogP contribution in [0.2, 0.25) is 0 Å². The van der Waals surface area contributed by atoms with Crippen LogP contribution >= 0.6 is 0 Å². The Kier molecular flexibility index (Phi) is 3.66. The number of fused-ring (bicyclic) bond motifs is 1. The molecule has 0 fully saturated rings. The maximum absolute atomic E-state index is 11.0. The summed E-state index contributed by atoms with van der Waals surface area (Å²) in [5.41, 5.74) is 1.20. The van der Waals surface area contributed by atoms with Gasteiger partial charge in [0.05, 0.1) is 11.5 Å². The first kappa shape index (κ1) is 13.3. The molecule has 0 aliphatic rings. The fourth-order valence-electron chi connectivity index (χ4n) is 2.16. The van der Waals surface area contributed by atoms with Crippen LogP contribution < -0.4 is 0 Å². The average molecular weight is 255 g/mol. The second-order valence-corrected chi connectivity index (χ2v) is 5.37. The number of hydrogen-bond donors (Lipinski definition) is 0. The van der Waals surface area contributed by atoms with E-state index in [-0.39, 0.29) is 5.41 Å². The molecule has 98 valence electrons. The van der Waals surface area contributed by atoms with Crippen molar-refractivity contribution in [3.63, 3.8) is 0 Å². The second-order valence-electron chi connectivity index (χ2n) is 5.37. The van der Waals surface area contributed by atoms with Gasteiger partial charge in [0.15, 0.2) is 6.29 Å². The van der Waals surface area contributed by atoms with E-state index >= 15 is 0 Å². The maximum atomic E-state index is 11.0. The molecule has 0 N–H and O–H groups in total. The normalized spacial score (nSPS) is 11.4. The zero-order chi connectivity index (χ0) is 13.9. The Morgan fingerprint density at radius 1 is 1.53 bits per heavy atom. The predicted molar refractivity (Wildman–Crippen MR) is 73.7 cm³/mol. The number of carbonyl (C=O) groups excluding carboxylic acids is 1. The van der Waals surface area contributed by atoms with E-state index in [1.54, 1.807) is 6.20 Å². The van der Waals surface area contributed by atoms with Crippen molar-refractivity contribution in [2.45, 2.75) is 33.2 Å². The molecular formula is C15H17N3O. The molecule has 2 heterocycles. The zero-order valence-corrected chi connectivity index (χ0v) is 11.3. The van der Waals surface area contributed by atoms with E-state index in [0.29, 0.717) is 5.56 Å². The molecule has 2 aromatic heterocycles. The van der Waals surface area contributed by atoms with Gasteiger partial charge in [-0.3, -0.25) is 4.79 Å². The van der Waals surface area contributed by atoms with Crippen LogP contribution in [0.1, 0.15) is 37.0 Å². The summed E-state index contributed by atoms with van der Waals surface area (Å²) in [7, 11) is 0. The minimum atomic E-state index is -0.302. The Balaban J connectivity index is 2.18. The number of aryl methyl sites for hydroxylation is 1. The van der Waals surface area contributed by atoms with E-state index in [4.69, 9.17) is 5.26 Å². The largest absolute Gasteiger partial charge is 0.332 e. The summed E-state index contributed by atoms with van der Waals surface area (Å²) >= 11 is 0. The number of nitriles is 1. The molecule has 0 unspecified atom stereocenters. The maximum Gasteiger partial charge on any atom is 0.152 e. The van der Waals surface area contributed by atoms with Gasteiger partial charge in [-0.1, -0.05) is 0 Å². The SMILES string of the molecule is CC(C)(C#N)CCCn1cc(C=O)c2cccnc21. The monoisotopic (exact) mass is 255 g/mol. The predicted octanol–water partition coefficient (Wildman–Crippen LogP) is 3.18. The molecule has 0 atom stereocenters. The molecule has 0 saturated heterocycles. The summed E-state index contributed by atoms with van der Waals surface area (Å²) < 4.78 is 1.99. The molecular weight excluding hydrogens is 238 g/mol. The quantitative estimate of drug-likeness (QED) is 0.771. The van der Waals surface area contributed by atoms with Gasteiger partial charge < -0.3 is 4.57 Å². The molecule has 4 nitrogen and oxygen atoms in total. The summed E-state index contributed by atoms with van der Waals surface area (Å²) in [6.07, 6.45) is 6.14. The number of hydrogen-bond acceptors (Lipinski definition) is 3. The van der Waals surface area contributed by atoms with Gasteiger partial charge >= 0.3 is 0 Å². The van der Waals surface area contributed by atoms with Crippen molar-refractivity contribution in [1.29, 1.82) is 5.26 Å². The number of rotatable bonds is 5. The molecule has 4 heteroatoms. The molecule has 0 amide bonds. The van der Waals surface area contributed by atoms with Crippen molar-refractivity contribution in [3.8, 4) is 6.07 Å². The number of nitrogens with zero attached hydrogens (tertiary/aromatic N) is 3. The van der Waals surface area contributed by atoms with Gasteiger partial charge in [-0.05, 0) is 38.8 Å². The van der Waals surface area contributed by atoms with E-state index in [9.17, 15) is 4.79 Å². The molecule has 0 aromatic carbocycles. The van der Waals surface area contributed by atoms with Crippen molar-refractivity contribution >= 4 is 17.3 Å².